The van der Waals surface area contributed by atoms with Gasteiger partial charge in [0.05, 0.1) is 0 Å². The molecule has 0 saturated carbocycles. The summed E-state index contributed by atoms with van der Waals surface area (Å²) in [7, 11) is 0. The van der Waals surface area contributed by atoms with Crippen LogP contribution in [0.15, 0.2) is 35.6 Å². The van der Waals surface area contributed by atoms with E-state index >= 15 is 0 Å². The van der Waals surface area contributed by atoms with Crippen molar-refractivity contribution in [3.8, 4) is 0 Å². The SMILES string of the molecule is C\C=C/C=C(C)\C(N)=C\CC. The molecule has 0 spiro atoms. The summed E-state index contributed by atoms with van der Waals surface area (Å²) in [5.41, 5.74) is 7.74. The minimum atomic E-state index is 0.880. The maximum Gasteiger partial charge on any atom is 0.0303 e. The Labute approximate surface area is 69.3 Å². The van der Waals surface area contributed by atoms with Gasteiger partial charge in [-0.3, -0.25) is 0 Å². The minimum Gasteiger partial charge on any atom is -0.399 e. The van der Waals surface area contributed by atoms with E-state index in [0.29, 0.717) is 0 Å². The van der Waals surface area contributed by atoms with Crippen molar-refractivity contribution in [3.63, 3.8) is 0 Å². The molecule has 0 aliphatic rings. The Morgan fingerprint density at radius 3 is 2.55 bits per heavy atom. The third kappa shape index (κ3) is 4.43. The summed E-state index contributed by atoms with van der Waals surface area (Å²) < 4.78 is 0. The van der Waals surface area contributed by atoms with Gasteiger partial charge in [0, 0.05) is 5.70 Å². The highest BCUT2D eigenvalue weighted by molar-refractivity contribution is 5.29. The maximum absolute atomic E-state index is 5.73. The van der Waals surface area contributed by atoms with Crippen molar-refractivity contribution >= 4 is 0 Å². The molecule has 11 heavy (non-hydrogen) atoms. The molecule has 0 aliphatic carbocycles. The lowest BCUT2D eigenvalue weighted by atomic mass is 10.2. The zero-order valence-electron chi connectivity index (χ0n) is 7.59. The van der Waals surface area contributed by atoms with Crippen LogP contribution in [0.5, 0.6) is 0 Å². The van der Waals surface area contributed by atoms with Gasteiger partial charge in [0.1, 0.15) is 0 Å². The van der Waals surface area contributed by atoms with Gasteiger partial charge in [0.25, 0.3) is 0 Å². The number of hydrogen-bond donors (Lipinski definition) is 1. The van der Waals surface area contributed by atoms with E-state index in [1.54, 1.807) is 0 Å². The zero-order valence-corrected chi connectivity index (χ0v) is 7.59. The molecule has 0 atom stereocenters. The summed E-state index contributed by atoms with van der Waals surface area (Å²) in [6.45, 7) is 6.08. The normalized spacial score (nSPS) is 14.5. The summed E-state index contributed by atoms with van der Waals surface area (Å²) in [6, 6.07) is 0. The van der Waals surface area contributed by atoms with Crippen LogP contribution < -0.4 is 5.73 Å². The Bertz CT molecular complexity index is 185. The molecule has 0 saturated heterocycles. The van der Waals surface area contributed by atoms with E-state index in [-0.39, 0.29) is 0 Å². The molecule has 0 heterocycles. The van der Waals surface area contributed by atoms with Crippen LogP contribution in [0.3, 0.4) is 0 Å². The van der Waals surface area contributed by atoms with Crippen molar-refractivity contribution in [1.29, 1.82) is 0 Å². The van der Waals surface area contributed by atoms with Gasteiger partial charge in [-0.1, -0.05) is 31.2 Å². The highest BCUT2D eigenvalue weighted by Gasteiger charge is 1.88. The first kappa shape index (κ1) is 10.0. The van der Waals surface area contributed by atoms with Gasteiger partial charge in [-0.25, -0.2) is 0 Å². The Kier molecular flexibility index (Phi) is 5.26. The molecule has 2 N–H and O–H groups in total. The Morgan fingerprint density at radius 2 is 2.09 bits per heavy atom. The quantitative estimate of drug-likeness (QED) is 0.617. The highest BCUT2D eigenvalue weighted by atomic mass is 14.6. The Hall–Kier alpha value is -0.980. The largest absolute Gasteiger partial charge is 0.399 e. The van der Waals surface area contributed by atoms with Crippen molar-refractivity contribution in [2.24, 2.45) is 5.73 Å². The number of nitrogens with two attached hydrogens (primary N) is 1. The first-order chi connectivity index (χ1) is 5.22. The zero-order chi connectivity index (χ0) is 8.69. The molecule has 0 aromatic rings. The van der Waals surface area contributed by atoms with E-state index in [1.807, 2.05) is 38.2 Å². The first-order valence-corrected chi connectivity index (χ1v) is 3.98. The van der Waals surface area contributed by atoms with Crippen LogP contribution in [0.4, 0.5) is 0 Å². The van der Waals surface area contributed by atoms with E-state index < -0.39 is 0 Å². The molecule has 0 aromatic carbocycles. The molecule has 0 aromatic heterocycles. The van der Waals surface area contributed by atoms with Crippen LogP contribution in [0.1, 0.15) is 27.2 Å². The predicted molar refractivity (Wildman–Crippen MR) is 51.1 cm³/mol. The lowest BCUT2D eigenvalue weighted by Gasteiger charge is -1.98. The Balaban J connectivity index is 4.22. The van der Waals surface area contributed by atoms with Crippen LogP contribution >= 0.6 is 0 Å². The smallest absolute Gasteiger partial charge is 0.0303 e. The van der Waals surface area contributed by atoms with Crippen molar-refractivity contribution in [3.05, 3.63) is 35.6 Å². The van der Waals surface area contributed by atoms with Gasteiger partial charge < -0.3 is 5.73 Å². The first-order valence-electron chi connectivity index (χ1n) is 3.98. The Morgan fingerprint density at radius 1 is 1.45 bits per heavy atom. The second-order valence-electron chi connectivity index (χ2n) is 2.44. The summed E-state index contributed by atoms with van der Waals surface area (Å²) >= 11 is 0. The lowest BCUT2D eigenvalue weighted by Crippen LogP contribution is -1.97. The van der Waals surface area contributed by atoms with E-state index in [2.05, 4.69) is 6.92 Å². The molecule has 0 rings (SSSR count). The summed E-state index contributed by atoms with van der Waals surface area (Å²) in [5.74, 6) is 0. The van der Waals surface area contributed by atoms with E-state index in [1.165, 1.54) is 0 Å². The average molecular weight is 151 g/mol. The third-order valence-electron chi connectivity index (χ3n) is 1.42. The van der Waals surface area contributed by atoms with Crippen molar-refractivity contribution in [2.45, 2.75) is 27.2 Å². The average Bonchev–Trinajstić information content (AvgIpc) is 2.00. The second-order valence-corrected chi connectivity index (χ2v) is 2.44. The molecular weight excluding hydrogens is 134 g/mol. The van der Waals surface area contributed by atoms with E-state index in [9.17, 15) is 0 Å². The molecule has 0 radical (unpaired) electrons. The number of hydrogen-bond acceptors (Lipinski definition) is 1. The minimum absolute atomic E-state index is 0.880. The van der Waals surface area contributed by atoms with Gasteiger partial charge in [-0.05, 0) is 25.8 Å². The summed E-state index contributed by atoms with van der Waals surface area (Å²) in [6.07, 6.45) is 9.01. The standard InChI is InChI=1S/C10H17N/c1-4-6-8-9(3)10(11)7-5-2/h4,6-8H,5,11H2,1-3H3/b6-4-,9-8-,10-7-. The fourth-order valence-electron chi connectivity index (χ4n) is 0.718. The molecular formula is C10H17N. The second kappa shape index (κ2) is 5.78. The monoisotopic (exact) mass is 151 g/mol. The van der Waals surface area contributed by atoms with Gasteiger partial charge in [0.2, 0.25) is 0 Å². The molecule has 0 fully saturated rings. The maximum atomic E-state index is 5.73. The van der Waals surface area contributed by atoms with Crippen LogP contribution in [0, 0.1) is 0 Å². The van der Waals surface area contributed by atoms with E-state index in [4.69, 9.17) is 5.73 Å². The fourth-order valence-corrected chi connectivity index (χ4v) is 0.718. The topological polar surface area (TPSA) is 26.0 Å². The van der Waals surface area contributed by atoms with Crippen molar-refractivity contribution in [2.75, 3.05) is 0 Å². The van der Waals surface area contributed by atoms with Gasteiger partial charge in [-0.2, -0.15) is 0 Å². The lowest BCUT2D eigenvalue weighted by molar-refractivity contribution is 1.16. The summed E-state index contributed by atoms with van der Waals surface area (Å²) in [5, 5.41) is 0. The molecule has 0 bridgehead atoms. The number of rotatable bonds is 3. The van der Waals surface area contributed by atoms with Gasteiger partial charge in [-0.15, -0.1) is 0 Å². The van der Waals surface area contributed by atoms with Crippen LogP contribution in [-0.2, 0) is 0 Å². The molecule has 0 unspecified atom stereocenters. The predicted octanol–water partition coefficient (Wildman–Crippen LogP) is 2.76. The van der Waals surface area contributed by atoms with E-state index in [0.717, 1.165) is 17.7 Å². The van der Waals surface area contributed by atoms with Crippen molar-refractivity contribution < 1.29 is 0 Å². The van der Waals surface area contributed by atoms with Crippen molar-refractivity contribution in [1.82, 2.24) is 0 Å². The number of allylic oxidation sites excluding steroid dienone is 5. The molecule has 1 nitrogen and oxygen atoms in total. The highest BCUT2D eigenvalue weighted by Crippen LogP contribution is 2.03. The van der Waals surface area contributed by atoms with Crippen LogP contribution in [0.25, 0.3) is 0 Å². The van der Waals surface area contributed by atoms with Gasteiger partial charge >= 0.3 is 0 Å². The van der Waals surface area contributed by atoms with Gasteiger partial charge in [0.15, 0.2) is 0 Å². The molecule has 62 valence electrons. The fraction of sp³-hybridized carbons (Fsp3) is 0.400. The third-order valence-corrected chi connectivity index (χ3v) is 1.42. The van der Waals surface area contributed by atoms with Crippen LogP contribution in [0.2, 0.25) is 0 Å². The molecule has 0 amide bonds. The molecule has 0 aliphatic heterocycles. The molecule has 1 heteroatoms. The van der Waals surface area contributed by atoms with Crippen LogP contribution in [-0.4, -0.2) is 0 Å². The summed E-state index contributed by atoms with van der Waals surface area (Å²) in [4.78, 5) is 0.